The van der Waals surface area contributed by atoms with E-state index >= 15 is 0 Å². The van der Waals surface area contributed by atoms with Crippen LogP contribution < -0.4 is 11.1 Å². The summed E-state index contributed by atoms with van der Waals surface area (Å²) in [5.41, 5.74) is 10.7. The van der Waals surface area contributed by atoms with Crippen LogP contribution in [-0.2, 0) is 11.3 Å². The lowest BCUT2D eigenvalue weighted by molar-refractivity contribution is -0.123. The topological polar surface area (TPSA) is 93.3 Å². The molecule has 0 bridgehead atoms. The average molecular weight is 432 g/mol. The number of rotatable bonds is 6. The molecule has 166 valence electrons. The molecule has 1 aliphatic rings. The van der Waals surface area contributed by atoms with Gasteiger partial charge in [0.25, 0.3) is 5.91 Å². The van der Waals surface area contributed by atoms with E-state index in [2.05, 4.69) is 15.2 Å². The number of anilines is 1. The summed E-state index contributed by atoms with van der Waals surface area (Å²) in [6, 6.07) is 13.6. The minimum atomic E-state index is -0.236. The van der Waals surface area contributed by atoms with E-state index in [0.717, 1.165) is 47.7 Å². The molecule has 1 aromatic carbocycles. The number of aryl methyl sites for hydroxylation is 1. The number of nitrogens with two attached hydrogens (primary N) is 1. The molecule has 1 fully saturated rings. The third-order valence-corrected chi connectivity index (χ3v) is 6.15. The van der Waals surface area contributed by atoms with Gasteiger partial charge in [0.2, 0.25) is 5.91 Å². The van der Waals surface area contributed by atoms with Gasteiger partial charge in [0, 0.05) is 36.4 Å². The van der Waals surface area contributed by atoms with Gasteiger partial charge in [-0.05, 0) is 63.1 Å². The van der Waals surface area contributed by atoms with Gasteiger partial charge in [-0.15, -0.1) is 0 Å². The van der Waals surface area contributed by atoms with E-state index in [4.69, 9.17) is 5.73 Å². The highest BCUT2D eigenvalue weighted by Gasteiger charge is 2.25. The fourth-order valence-corrected chi connectivity index (χ4v) is 4.52. The third-order valence-electron chi connectivity index (χ3n) is 6.15. The second-order valence-corrected chi connectivity index (χ2v) is 8.42. The van der Waals surface area contributed by atoms with Crippen LogP contribution in [0.5, 0.6) is 0 Å². The SMILES string of the molecule is Cc1cc(C(=O)Nc2ccccc2CN2CCCC(C(N)=O)C2)c(C)n1-c1cccnc1. The molecule has 0 radical (unpaired) electrons. The van der Waals surface area contributed by atoms with Crippen LogP contribution in [0.15, 0.2) is 54.9 Å². The van der Waals surface area contributed by atoms with Gasteiger partial charge in [0.15, 0.2) is 0 Å². The van der Waals surface area contributed by atoms with Gasteiger partial charge in [-0.1, -0.05) is 18.2 Å². The number of amides is 2. The number of benzene rings is 1. The highest BCUT2D eigenvalue weighted by atomic mass is 16.2. The normalized spacial score (nSPS) is 16.6. The van der Waals surface area contributed by atoms with Crippen molar-refractivity contribution >= 4 is 17.5 Å². The molecule has 7 nitrogen and oxygen atoms in total. The van der Waals surface area contributed by atoms with Crippen LogP contribution in [0.4, 0.5) is 5.69 Å². The summed E-state index contributed by atoms with van der Waals surface area (Å²) in [6.07, 6.45) is 5.31. The molecule has 1 saturated heterocycles. The van der Waals surface area contributed by atoms with Crippen molar-refractivity contribution in [1.82, 2.24) is 14.5 Å². The minimum Gasteiger partial charge on any atom is -0.369 e. The molecule has 3 aromatic rings. The van der Waals surface area contributed by atoms with E-state index in [-0.39, 0.29) is 17.7 Å². The number of primary amides is 1. The van der Waals surface area contributed by atoms with Gasteiger partial charge in [-0.3, -0.25) is 19.5 Å². The zero-order chi connectivity index (χ0) is 22.7. The Hall–Kier alpha value is -3.45. The first-order valence-corrected chi connectivity index (χ1v) is 10.9. The van der Waals surface area contributed by atoms with Crippen LogP contribution in [0.2, 0.25) is 0 Å². The lowest BCUT2D eigenvalue weighted by Crippen LogP contribution is -2.40. The first kappa shape index (κ1) is 21.8. The minimum absolute atomic E-state index is 0.108. The lowest BCUT2D eigenvalue weighted by Gasteiger charge is -2.31. The highest BCUT2D eigenvalue weighted by Crippen LogP contribution is 2.25. The van der Waals surface area contributed by atoms with Crippen LogP contribution in [0.3, 0.4) is 0 Å². The van der Waals surface area contributed by atoms with Gasteiger partial charge in [0.1, 0.15) is 0 Å². The zero-order valence-corrected chi connectivity index (χ0v) is 18.5. The molecular weight excluding hydrogens is 402 g/mol. The molecule has 3 heterocycles. The van der Waals surface area contributed by atoms with Gasteiger partial charge in [0.05, 0.1) is 23.4 Å². The molecule has 1 aliphatic heterocycles. The van der Waals surface area contributed by atoms with Crippen molar-refractivity contribution in [1.29, 1.82) is 0 Å². The first-order valence-electron chi connectivity index (χ1n) is 10.9. The second kappa shape index (κ2) is 9.36. The smallest absolute Gasteiger partial charge is 0.257 e. The van der Waals surface area contributed by atoms with E-state index in [0.29, 0.717) is 18.7 Å². The van der Waals surface area contributed by atoms with E-state index < -0.39 is 0 Å². The summed E-state index contributed by atoms with van der Waals surface area (Å²) >= 11 is 0. The molecular formula is C25H29N5O2. The van der Waals surface area contributed by atoms with Crippen molar-refractivity contribution in [3.05, 3.63) is 77.4 Å². The molecule has 0 aliphatic carbocycles. The molecule has 0 spiro atoms. The van der Waals surface area contributed by atoms with Crippen LogP contribution in [-0.4, -0.2) is 39.4 Å². The van der Waals surface area contributed by atoms with Crippen molar-refractivity contribution in [2.75, 3.05) is 18.4 Å². The Balaban J connectivity index is 1.53. The molecule has 1 unspecified atom stereocenters. The molecule has 32 heavy (non-hydrogen) atoms. The first-order chi connectivity index (χ1) is 15.4. The molecule has 2 aromatic heterocycles. The Bertz CT molecular complexity index is 1120. The van der Waals surface area contributed by atoms with Crippen molar-refractivity contribution in [3.63, 3.8) is 0 Å². The maximum atomic E-state index is 13.2. The van der Waals surface area contributed by atoms with Crippen molar-refractivity contribution in [2.45, 2.75) is 33.2 Å². The number of hydrogen-bond donors (Lipinski definition) is 2. The predicted octanol–water partition coefficient (Wildman–Crippen LogP) is 3.44. The number of pyridine rings is 1. The summed E-state index contributed by atoms with van der Waals surface area (Å²) < 4.78 is 2.03. The number of nitrogens with zero attached hydrogens (tertiary/aromatic N) is 3. The zero-order valence-electron chi connectivity index (χ0n) is 18.5. The number of aromatic nitrogens is 2. The maximum Gasteiger partial charge on any atom is 0.257 e. The van der Waals surface area contributed by atoms with E-state index in [1.807, 2.05) is 60.9 Å². The Kier molecular flexibility index (Phi) is 6.37. The summed E-state index contributed by atoms with van der Waals surface area (Å²) in [6.45, 7) is 6.16. The summed E-state index contributed by atoms with van der Waals surface area (Å²) in [5, 5.41) is 3.10. The monoisotopic (exact) mass is 431 g/mol. The van der Waals surface area contributed by atoms with Gasteiger partial charge < -0.3 is 15.6 Å². The van der Waals surface area contributed by atoms with Crippen molar-refractivity contribution in [3.8, 4) is 5.69 Å². The molecule has 2 amide bonds. The number of hydrogen-bond acceptors (Lipinski definition) is 4. The van der Waals surface area contributed by atoms with Gasteiger partial charge >= 0.3 is 0 Å². The molecule has 1 atom stereocenters. The fraction of sp³-hybridized carbons (Fsp3) is 0.320. The number of carbonyl (C=O) groups excluding carboxylic acids is 2. The molecule has 4 rings (SSSR count). The standard InChI is InChI=1S/C25H29N5O2/c1-17-13-22(18(2)30(17)21-9-5-11-27-14-21)25(32)28-23-10-4-3-7-19(23)15-29-12-6-8-20(16-29)24(26)31/h3-5,7,9-11,13-14,20H,6,8,12,15-16H2,1-2H3,(H2,26,31)(H,28,32). The second-order valence-electron chi connectivity index (χ2n) is 8.42. The molecule has 7 heteroatoms. The Morgan fingerprint density at radius 1 is 1.19 bits per heavy atom. The summed E-state index contributed by atoms with van der Waals surface area (Å²) in [5.74, 6) is -0.488. The van der Waals surface area contributed by atoms with Crippen LogP contribution in [0.1, 0.15) is 40.2 Å². The maximum absolute atomic E-state index is 13.2. The molecule has 3 N–H and O–H groups in total. The predicted molar refractivity (Wildman–Crippen MR) is 125 cm³/mol. The van der Waals surface area contributed by atoms with Crippen molar-refractivity contribution < 1.29 is 9.59 Å². The number of para-hydroxylation sites is 1. The van der Waals surface area contributed by atoms with E-state index in [1.165, 1.54) is 0 Å². The third kappa shape index (κ3) is 4.57. The lowest BCUT2D eigenvalue weighted by atomic mass is 9.97. The van der Waals surface area contributed by atoms with Crippen molar-refractivity contribution in [2.24, 2.45) is 11.7 Å². The number of piperidine rings is 1. The van der Waals surface area contributed by atoms with Crippen LogP contribution in [0.25, 0.3) is 5.69 Å². The Morgan fingerprint density at radius 2 is 2.00 bits per heavy atom. The fourth-order valence-electron chi connectivity index (χ4n) is 4.52. The molecule has 0 saturated carbocycles. The van der Waals surface area contributed by atoms with E-state index in [1.54, 1.807) is 12.4 Å². The quantitative estimate of drug-likeness (QED) is 0.625. The van der Waals surface area contributed by atoms with E-state index in [9.17, 15) is 9.59 Å². The van der Waals surface area contributed by atoms with Crippen LogP contribution in [0, 0.1) is 19.8 Å². The Labute approximate surface area is 188 Å². The largest absolute Gasteiger partial charge is 0.369 e. The number of nitrogens with one attached hydrogen (secondary N) is 1. The Morgan fingerprint density at radius 3 is 2.75 bits per heavy atom. The summed E-state index contributed by atoms with van der Waals surface area (Å²) in [7, 11) is 0. The number of likely N-dealkylation sites (tertiary alicyclic amines) is 1. The number of carbonyl (C=O) groups is 2. The van der Waals surface area contributed by atoms with Gasteiger partial charge in [-0.2, -0.15) is 0 Å². The van der Waals surface area contributed by atoms with Gasteiger partial charge in [-0.25, -0.2) is 0 Å². The highest BCUT2D eigenvalue weighted by molar-refractivity contribution is 6.05. The average Bonchev–Trinajstić information content (AvgIpc) is 3.10. The summed E-state index contributed by atoms with van der Waals surface area (Å²) in [4.78, 5) is 31.2. The van der Waals surface area contributed by atoms with Crippen LogP contribution >= 0.6 is 0 Å².